The third kappa shape index (κ3) is 3.04. The van der Waals surface area contributed by atoms with E-state index >= 15 is 0 Å². The molecule has 0 spiro atoms. The fourth-order valence-corrected chi connectivity index (χ4v) is 3.97. The number of imidazole rings is 1. The molecule has 1 aromatic heterocycles. The highest BCUT2D eigenvalue weighted by Gasteiger charge is 2.24. The van der Waals surface area contributed by atoms with Crippen molar-refractivity contribution in [3.63, 3.8) is 0 Å². The van der Waals surface area contributed by atoms with E-state index in [1.165, 1.54) is 37.7 Å². The molecule has 3 aromatic rings. The van der Waals surface area contributed by atoms with E-state index in [-0.39, 0.29) is 0 Å². The Balaban J connectivity index is 1.87. The molecule has 0 aliphatic heterocycles. The molecule has 0 bridgehead atoms. The average Bonchev–Trinajstić information content (AvgIpc) is 3.02. The van der Waals surface area contributed by atoms with Crippen molar-refractivity contribution in [3.8, 4) is 0 Å². The highest BCUT2D eigenvalue weighted by molar-refractivity contribution is 6.04. The Morgan fingerprint density at radius 1 is 1.04 bits per heavy atom. The summed E-state index contributed by atoms with van der Waals surface area (Å²) in [6.07, 6.45) is 6.15. The van der Waals surface area contributed by atoms with E-state index in [9.17, 15) is 4.79 Å². The molecule has 0 atom stereocenters. The molecule has 0 radical (unpaired) electrons. The number of benzene rings is 2. The molecule has 4 heteroatoms. The first-order chi connectivity index (χ1) is 12.2. The van der Waals surface area contributed by atoms with Crippen LogP contribution in [0.1, 0.15) is 59.8 Å². The van der Waals surface area contributed by atoms with Crippen LogP contribution in [0.25, 0.3) is 11.0 Å². The number of rotatable bonds is 4. The summed E-state index contributed by atoms with van der Waals surface area (Å²) < 4.78 is 2.28. The van der Waals surface area contributed by atoms with Crippen molar-refractivity contribution in [1.29, 1.82) is 0 Å². The van der Waals surface area contributed by atoms with Gasteiger partial charge in [-0.2, -0.15) is 0 Å². The predicted molar refractivity (Wildman–Crippen MR) is 99.6 cm³/mol. The van der Waals surface area contributed by atoms with E-state index in [1.54, 1.807) is 6.07 Å². The standard InChI is InChI=1S/C21H23N3O/c22-20(25)17-12-7-13-18-19(17)23-21(16-10-5-2-6-11-16)24(18)14-15-8-3-1-4-9-15/h1,3-4,7-9,12-13,16H,2,5-6,10-11,14H2,(H2,22,25). The normalized spacial score (nSPS) is 15.5. The van der Waals surface area contributed by atoms with Gasteiger partial charge in [-0.15, -0.1) is 0 Å². The maximum absolute atomic E-state index is 11.8. The molecule has 0 saturated heterocycles. The minimum Gasteiger partial charge on any atom is -0.366 e. The summed E-state index contributed by atoms with van der Waals surface area (Å²) in [5.74, 6) is 1.16. The maximum Gasteiger partial charge on any atom is 0.250 e. The van der Waals surface area contributed by atoms with Crippen LogP contribution in [0.4, 0.5) is 0 Å². The minimum atomic E-state index is -0.412. The Morgan fingerprint density at radius 2 is 1.80 bits per heavy atom. The molecular weight excluding hydrogens is 310 g/mol. The summed E-state index contributed by atoms with van der Waals surface area (Å²) in [4.78, 5) is 16.8. The van der Waals surface area contributed by atoms with Crippen LogP contribution in [0.5, 0.6) is 0 Å². The molecule has 0 unspecified atom stereocenters. The number of carbonyl (C=O) groups excluding carboxylic acids is 1. The second-order valence-corrected chi connectivity index (χ2v) is 6.91. The van der Waals surface area contributed by atoms with Crippen molar-refractivity contribution in [2.45, 2.75) is 44.6 Å². The topological polar surface area (TPSA) is 60.9 Å². The number of hydrogen-bond acceptors (Lipinski definition) is 2. The number of hydrogen-bond donors (Lipinski definition) is 1. The Bertz CT molecular complexity index is 892. The Hall–Kier alpha value is -2.62. The van der Waals surface area contributed by atoms with Crippen LogP contribution in [0.2, 0.25) is 0 Å². The third-order valence-electron chi connectivity index (χ3n) is 5.23. The largest absolute Gasteiger partial charge is 0.366 e. The van der Waals surface area contributed by atoms with Gasteiger partial charge in [0.1, 0.15) is 11.3 Å². The number of aromatic nitrogens is 2. The molecule has 1 aliphatic carbocycles. The Kier molecular flexibility index (Phi) is 4.26. The van der Waals surface area contributed by atoms with Crippen LogP contribution < -0.4 is 5.73 Å². The lowest BCUT2D eigenvalue weighted by molar-refractivity contribution is 0.100. The van der Waals surface area contributed by atoms with E-state index < -0.39 is 5.91 Å². The summed E-state index contributed by atoms with van der Waals surface area (Å²) in [5, 5.41) is 0. The van der Waals surface area contributed by atoms with Crippen LogP contribution in [-0.2, 0) is 6.54 Å². The zero-order valence-electron chi connectivity index (χ0n) is 14.3. The SMILES string of the molecule is NC(=O)c1cccc2c1nc(C1CCCCC1)n2Cc1ccccc1. The molecule has 2 N–H and O–H groups in total. The maximum atomic E-state index is 11.8. The van der Waals surface area contributed by atoms with E-state index in [2.05, 4.69) is 28.8 Å². The minimum absolute atomic E-state index is 0.412. The summed E-state index contributed by atoms with van der Waals surface area (Å²) in [7, 11) is 0. The number of nitrogens with two attached hydrogens (primary N) is 1. The van der Waals surface area contributed by atoms with Gasteiger partial charge < -0.3 is 10.3 Å². The number of amides is 1. The van der Waals surface area contributed by atoms with E-state index in [1.807, 2.05) is 18.2 Å². The van der Waals surface area contributed by atoms with Crippen LogP contribution in [0, 0.1) is 0 Å². The molecule has 4 nitrogen and oxygen atoms in total. The van der Waals surface area contributed by atoms with Crippen molar-refractivity contribution in [2.24, 2.45) is 5.73 Å². The van der Waals surface area contributed by atoms with E-state index in [0.29, 0.717) is 11.5 Å². The molecule has 2 aromatic carbocycles. The second kappa shape index (κ2) is 6.71. The molecule has 1 aliphatic rings. The number of primary amides is 1. The average molecular weight is 333 g/mol. The molecule has 128 valence electrons. The van der Waals surface area contributed by atoms with Crippen molar-refractivity contribution < 1.29 is 4.79 Å². The van der Waals surface area contributed by atoms with Gasteiger partial charge in [-0.1, -0.05) is 55.7 Å². The van der Waals surface area contributed by atoms with Gasteiger partial charge in [-0.3, -0.25) is 4.79 Å². The van der Waals surface area contributed by atoms with Crippen LogP contribution in [-0.4, -0.2) is 15.5 Å². The number of nitrogens with zero attached hydrogens (tertiary/aromatic N) is 2. The van der Waals surface area contributed by atoms with Gasteiger partial charge in [0.2, 0.25) is 0 Å². The molecular formula is C21H23N3O. The van der Waals surface area contributed by atoms with Crippen molar-refractivity contribution in [1.82, 2.24) is 9.55 Å². The Labute approximate surface area is 147 Å². The lowest BCUT2D eigenvalue weighted by atomic mass is 9.88. The first-order valence-electron chi connectivity index (χ1n) is 9.07. The lowest BCUT2D eigenvalue weighted by Gasteiger charge is -2.22. The fraction of sp³-hybridized carbons (Fsp3) is 0.333. The van der Waals surface area contributed by atoms with Gasteiger partial charge in [0.15, 0.2) is 0 Å². The van der Waals surface area contributed by atoms with Gasteiger partial charge >= 0.3 is 0 Å². The number of fused-ring (bicyclic) bond motifs is 1. The molecule has 25 heavy (non-hydrogen) atoms. The molecule has 1 fully saturated rings. The molecule has 1 heterocycles. The summed E-state index contributed by atoms with van der Waals surface area (Å²) >= 11 is 0. The van der Waals surface area contributed by atoms with Crippen LogP contribution >= 0.6 is 0 Å². The van der Waals surface area contributed by atoms with Crippen LogP contribution in [0.3, 0.4) is 0 Å². The van der Waals surface area contributed by atoms with E-state index in [0.717, 1.165) is 23.4 Å². The van der Waals surface area contributed by atoms with Gasteiger partial charge in [-0.05, 0) is 30.5 Å². The predicted octanol–water partition coefficient (Wildman–Crippen LogP) is 4.23. The summed E-state index contributed by atoms with van der Waals surface area (Å²) in [5.41, 5.74) is 9.08. The molecule has 1 saturated carbocycles. The summed E-state index contributed by atoms with van der Waals surface area (Å²) in [6, 6.07) is 16.1. The highest BCUT2D eigenvalue weighted by Crippen LogP contribution is 2.35. The highest BCUT2D eigenvalue weighted by atomic mass is 16.1. The van der Waals surface area contributed by atoms with Gasteiger partial charge in [0.25, 0.3) is 5.91 Å². The van der Waals surface area contributed by atoms with Crippen molar-refractivity contribution >= 4 is 16.9 Å². The Morgan fingerprint density at radius 3 is 2.52 bits per heavy atom. The first-order valence-corrected chi connectivity index (χ1v) is 9.07. The molecule has 4 rings (SSSR count). The monoisotopic (exact) mass is 333 g/mol. The quantitative estimate of drug-likeness (QED) is 0.776. The smallest absolute Gasteiger partial charge is 0.250 e. The van der Waals surface area contributed by atoms with Crippen molar-refractivity contribution in [2.75, 3.05) is 0 Å². The number of carbonyl (C=O) groups is 1. The van der Waals surface area contributed by atoms with E-state index in [4.69, 9.17) is 10.7 Å². The van der Waals surface area contributed by atoms with Crippen molar-refractivity contribution in [3.05, 3.63) is 65.5 Å². The van der Waals surface area contributed by atoms with Gasteiger partial charge in [0.05, 0.1) is 11.1 Å². The zero-order valence-corrected chi connectivity index (χ0v) is 14.3. The second-order valence-electron chi connectivity index (χ2n) is 6.91. The van der Waals surface area contributed by atoms with Crippen LogP contribution in [0.15, 0.2) is 48.5 Å². The zero-order chi connectivity index (χ0) is 17.2. The lowest BCUT2D eigenvalue weighted by Crippen LogP contribution is -2.13. The van der Waals surface area contributed by atoms with Gasteiger partial charge in [-0.25, -0.2) is 4.98 Å². The van der Waals surface area contributed by atoms with Gasteiger partial charge in [0, 0.05) is 12.5 Å². The first kappa shape index (κ1) is 15.9. The fourth-order valence-electron chi connectivity index (χ4n) is 3.97. The number of para-hydroxylation sites is 1. The summed E-state index contributed by atoms with van der Waals surface area (Å²) in [6.45, 7) is 0.769. The third-order valence-corrected chi connectivity index (χ3v) is 5.23. The molecule has 1 amide bonds.